The fraction of sp³-hybridized carbons (Fsp3) is 0.357. The molecule has 1 rings (SSSR count). The number of nitrogens with two attached hydrogens (primary N) is 1. The number of nitrogens with one attached hydrogen (secondary N) is 1. The molecule has 1 atom stereocenters. The van der Waals surface area contributed by atoms with E-state index in [0.29, 0.717) is 4.88 Å². The number of primary amides is 1. The molecule has 1 aromatic rings. The molecule has 0 aromatic carbocycles. The monoisotopic (exact) mass is 324 g/mol. The van der Waals surface area contributed by atoms with Gasteiger partial charge in [0.2, 0.25) is 5.91 Å². The smallest absolute Gasteiger partial charge is 0.326 e. The maximum absolute atomic E-state index is 11.9. The summed E-state index contributed by atoms with van der Waals surface area (Å²) in [7, 11) is 0. The molecule has 1 aromatic heterocycles. The van der Waals surface area contributed by atoms with Gasteiger partial charge in [0.1, 0.15) is 11.6 Å². The minimum absolute atomic E-state index is 0.246. The van der Waals surface area contributed by atoms with Crippen molar-refractivity contribution in [3.63, 3.8) is 0 Å². The molecule has 0 aliphatic carbocycles. The van der Waals surface area contributed by atoms with E-state index in [1.54, 1.807) is 6.07 Å². The predicted octanol–water partition coefficient (Wildman–Crippen LogP) is -0.0711. The number of amides is 2. The van der Waals surface area contributed by atoms with Crippen molar-refractivity contribution in [1.29, 1.82) is 0 Å². The molecule has 0 saturated heterocycles. The number of carboxylic acid groups (broad SMARTS) is 1. The van der Waals surface area contributed by atoms with E-state index in [0.717, 1.165) is 11.3 Å². The number of carboxylic acids is 1. The maximum atomic E-state index is 11.9. The molecule has 118 valence electrons. The highest BCUT2D eigenvalue weighted by atomic mass is 32.1. The van der Waals surface area contributed by atoms with Gasteiger partial charge in [0.15, 0.2) is 0 Å². The van der Waals surface area contributed by atoms with Crippen LogP contribution in [0.1, 0.15) is 34.8 Å². The number of thiophene rings is 1. The Balaban J connectivity index is 2.81. The molecule has 0 spiro atoms. The SMILES string of the molecule is CC(C)(O)C#Cc1ccc(C(=O)N[C@@H](CC(N)=O)C(=O)O)s1. The zero-order valence-corrected chi connectivity index (χ0v) is 12.9. The van der Waals surface area contributed by atoms with E-state index in [1.807, 2.05) is 0 Å². The minimum Gasteiger partial charge on any atom is -0.480 e. The first kappa shape index (κ1) is 17.7. The van der Waals surface area contributed by atoms with Crippen molar-refractivity contribution in [2.24, 2.45) is 5.73 Å². The van der Waals surface area contributed by atoms with Crippen molar-refractivity contribution in [1.82, 2.24) is 5.32 Å². The molecular weight excluding hydrogens is 308 g/mol. The first-order valence-electron chi connectivity index (χ1n) is 6.26. The average Bonchev–Trinajstić information content (AvgIpc) is 2.82. The van der Waals surface area contributed by atoms with E-state index in [2.05, 4.69) is 17.2 Å². The van der Waals surface area contributed by atoms with Crippen LogP contribution in [0.4, 0.5) is 0 Å². The van der Waals surface area contributed by atoms with Crippen molar-refractivity contribution >= 4 is 29.1 Å². The van der Waals surface area contributed by atoms with Gasteiger partial charge in [-0.3, -0.25) is 9.59 Å². The Morgan fingerprint density at radius 3 is 2.55 bits per heavy atom. The van der Waals surface area contributed by atoms with Gasteiger partial charge >= 0.3 is 5.97 Å². The number of hydrogen-bond acceptors (Lipinski definition) is 5. The van der Waals surface area contributed by atoms with E-state index in [9.17, 15) is 19.5 Å². The summed E-state index contributed by atoms with van der Waals surface area (Å²) in [6.07, 6.45) is -0.488. The van der Waals surface area contributed by atoms with Gasteiger partial charge in [0.05, 0.1) is 16.2 Å². The largest absolute Gasteiger partial charge is 0.480 e. The molecule has 0 bridgehead atoms. The van der Waals surface area contributed by atoms with Crippen LogP contribution in [0.15, 0.2) is 12.1 Å². The fourth-order valence-corrected chi connectivity index (χ4v) is 2.14. The highest BCUT2D eigenvalue weighted by molar-refractivity contribution is 7.14. The van der Waals surface area contributed by atoms with Crippen molar-refractivity contribution in [3.8, 4) is 11.8 Å². The first-order valence-corrected chi connectivity index (χ1v) is 7.07. The Hall–Kier alpha value is -2.37. The number of carbonyl (C=O) groups is 3. The normalized spacial score (nSPS) is 12.0. The molecule has 0 radical (unpaired) electrons. The lowest BCUT2D eigenvalue weighted by Gasteiger charge is -2.11. The third kappa shape index (κ3) is 5.95. The van der Waals surface area contributed by atoms with Crippen LogP contribution in [-0.4, -0.2) is 39.6 Å². The van der Waals surface area contributed by atoms with Gasteiger partial charge in [-0.1, -0.05) is 11.8 Å². The Morgan fingerprint density at radius 2 is 2.05 bits per heavy atom. The summed E-state index contributed by atoms with van der Waals surface area (Å²) in [4.78, 5) is 34.5. The Kier molecular flexibility index (Phi) is 5.68. The van der Waals surface area contributed by atoms with Crippen LogP contribution in [0.25, 0.3) is 0 Å². The molecule has 1 heterocycles. The van der Waals surface area contributed by atoms with Gasteiger partial charge in [0, 0.05) is 0 Å². The van der Waals surface area contributed by atoms with Gasteiger partial charge in [-0.15, -0.1) is 11.3 Å². The summed E-state index contributed by atoms with van der Waals surface area (Å²) in [5.41, 5.74) is 3.79. The molecular formula is C14H16N2O5S. The van der Waals surface area contributed by atoms with Gasteiger partial charge in [-0.25, -0.2) is 4.79 Å². The first-order chi connectivity index (χ1) is 10.1. The third-order valence-electron chi connectivity index (χ3n) is 2.33. The summed E-state index contributed by atoms with van der Waals surface area (Å²) in [6, 6.07) is 1.69. The lowest BCUT2D eigenvalue weighted by atomic mass is 10.1. The summed E-state index contributed by atoms with van der Waals surface area (Å²) in [6.45, 7) is 3.06. The molecule has 0 unspecified atom stereocenters. The summed E-state index contributed by atoms with van der Waals surface area (Å²) in [5.74, 6) is 2.53. The molecule has 0 aliphatic heterocycles. The summed E-state index contributed by atoms with van der Waals surface area (Å²) < 4.78 is 0. The van der Waals surface area contributed by atoms with E-state index in [-0.39, 0.29) is 4.88 Å². The average molecular weight is 324 g/mol. The lowest BCUT2D eigenvalue weighted by Crippen LogP contribution is -2.43. The van der Waals surface area contributed by atoms with Crippen LogP contribution >= 0.6 is 11.3 Å². The van der Waals surface area contributed by atoms with Crippen molar-refractivity contribution < 1.29 is 24.6 Å². The lowest BCUT2D eigenvalue weighted by molar-refractivity contribution is -0.140. The summed E-state index contributed by atoms with van der Waals surface area (Å²) >= 11 is 1.05. The zero-order valence-electron chi connectivity index (χ0n) is 12.0. The number of rotatable bonds is 5. The Morgan fingerprint density at radius 1 is 1.41 bits per heavy atom. The van der Waals surface area contributed by atoms with Crippen molar-refractivity contribution in [2.45, 2.75) is 31.9 Å². The minimum atomic E-state index is -1.38. The summed E-state index contributed by atoms with van der Waals surface area (Å²) in [5, 5.41) is 20.7. The van der Waals surface area contributed by atoms with Crippen LogP contribution in [0.5, 0.6) is 0 Å². The van der Waals surface area contributed by atoms with E-state index in [4.69, 9.17) is 10.8 Å². The van der Waals surface area contributed by atoms with Gasteiger partial charge in [-0.2, -0.15) is 0 Å². The van der Waals surface area contributed by atoms with Crippen LogP contribution in [0, 0.1) is 11.8 Å². The van der Waals surface area contributed by atoms with E-state index in [1.165, 1.54) is 19.9 Å². The predicted molar refractivity (Wildman–Crippen MR) is 80.2 cm³/mol. The molecule has 5 N–H and O–H groups in total. The van der Waals surface area contributed by atoms with Crippen LogP contribution in [-0.2, 0) is 9.59 Å². The van der Waals surface area contributed by atoms with Crippen LogP contribution < -0.4 is 11.1 Å². The van der Waals surface area contributed by atoms with Crippen LogP contribution in [0.2, 0.25) is 0 Å². The number of hydrogen-bond donors (Lipinski definition) is 4. The second-order valence-electron chi connectivity index (χ2n) is 5.01. The number of carbonyl (C=O) groups excluding carboxylic acids is 2. The van der Waals surface area contributed by atoms with Crippen molar-refractivity contribution in [2.75, 3.05) is 0 Å². The molecule has 0 saturated carbocycles. The highest BCUT2D eigenvalue weighted by Gasteiger charge is 2.23. The fourth-order valence-electron chi connectivity index (χ4n) is 1.37. The van der Waals surface area contributed by atoms with E-state index >= 15 is 0 Å². The molecule has 0 fully saturated rings. The second kappa shape index (κ2) is 7.06. The zero-order chi connectivity index (χ0) is 16.9. The maximum Gasteiger partial charge on any atom is 0.326 e. The third-order valence-corrected chi connectivity index (χ3v) is 3.33. The highest BCUT2D eigenvalue weighted by Crippen LogP contribution is 2.16. The number of aliphatic hydroxyl groups is 1. The second-order valence-corrected chi connectivity index (χ2v) is 6.09. The Labute approximate surface area is 131 Å². The van der Waals surface area contributed by atoms with Gasteiger partial charge in [0.25, 0.3) is 5.91 Å². The molecule has 22 heavy (non-hydrogen) atoms. The van der Waals surface area contributed by atoms with Gasteiger partial charge < -0.3 is 21.3 Å². The Bertz CT molecular complexity index is 648. The van der Waals surface area contributed by atoms with Gasteiger partial charge in [-0.05, 0) is 26.0 Å². The quantitative estimate of drug-likeness (QED) is 0.563. The van der Waals surface area contributed by atoms with Crippen LogP contribution in [0.3, 0.4) is 0 Å². The molecule has 0 aliphatic rings. The molecule has 2 amide bonds. The standard InChI is InChI=1S/C14H16N2O5S/c1-14(2,21)6-5-8-3-4-10(22-8)12(18)16-9(13(19)20)7-11(15)17/h3-4,9,21H,7H2,1-2H3,(H2,15,17)(H,16,18)(H,19,20)/t9-/m0/s1. The topological polar surface area (TPSA) is 130 Å². The van der Waals surface area contributed by atoms with Crippen molar-refractivity contribution in [3.05, 3.63) is 21.9 Å². The molecule has 7 nitrogen and oxygen atoms in total. The number of aliphatic carboxylic acids is 1. The molecule has 8 heteroatoms. The van der Waals surface area contributed by atoms with E-state index < -0.39 is 35.8 Å².